The molecule has 2 aliphatic heterocycles. The van der Waals surface area contributed by atoms with E-state index in [1.807, 2.05) is 17.0 Å². The molecule has 2 fully saturated rings. The molecule has 0 radical (unpaired) electrons. The van der Waals surface area contributed by atoms with Crippen LogP contribution in [0.4, 0.5) is 15.0 Å². The topological polar surface area (TPSA) is 108 Å². The van der Waals surface area contributed by atoms with Gasteiger partial charge in [-0.15, -0.1) is 0 Å². The highest BCUT2D eigenvalue weighted by atomic mass is 35.5. The van der Waals surface area contributed by atoms with Crippen LogP contribution in [-0.4, -0.2) is 78.9 Å². The first-order valence-corrected chi connectivity index (χ1v) is 14.2. The third-order valence-corrected chi connectivity index (χ3v) is 8.31. The van der Waals surface area contributed by atoms with Gasteiger partial charge in [-0.2, -0.15) is 5.10 Å². The molecule has 0 bridgehead atoms. The Morgan fingerprint density at radius 3 is 2.43 bits per heavy atom. The highest BCUT2D eigenvalue weighted by Crippen LogP contribution is 2.38. The molecule has 42 heavy (non-hydrogen) atoms. The number of nitrogens with zero attached hydrogens (tertiary/aromatic N) is 4. The number of ether oxygens (including phenoxy) is 2. The number of benzene rings is 2. The van der Waals surface area contributed by atoms with E-state index in [1.165, 1.54) is 26.4 Å². The smallest absolute Gasteiger partial charge is 0.410 e. The Morgan fingerprint density at radius 1 is 1.00 bits per heavy atom. The van der Waals surface area contributed by atoms with E-state index in [9.17, 15) is 14.4 Å². The molecule has 0 spiro atoms. The van der Waals surface area contributed by atoms with Crippen molar-refractivity contribution in [2.75, 3.05) is 51.8 Å². The Labute approximate surface area is 248 Å². The van der Waals surface area contributed by atoms with Crippen LogP contribution in [0.15, 0.2) is 59.4 Å². The van der Waals surface area contributed by atoms with Crippen molar-refractivity contribution < 1.29 is 23.5 Å². The lowest BCUT2D eigenvalue weighted by atomic mass is 9.87. The van der Waals surface area contributed by atoms with Crippen molar-refractivity contribution in [2.45, 2.75) is 24.8 Å². The molecule has 12 heteroatoms. The number of carbonyl (C=O) groups is 2. The number of amides is 2. The van der Waals surface area contributed by atoms with E-state index in [1.54, 1.807) is 40.1 Å². The monoisotopic (exact) mass is 597 g/mol. The molecule has 3 atom stereocenters. The molecule has 2 amide bonds. The Morgan fingerprint density at radius 2 is 1.76 bits per heavy atom. The highest BCUT2D eigenvalue weighted by Gasteiger charge is 2.43. The van der Waals surface area contributed by atoms with E-state index in [0.29, 0.717) is 54.6 Å². The molecule has 10 nitrogen and oxygen atoms in total. The number of aromatic amines is 1. The van der Waals surface area contributed by atoms with E-state index < -0.39 is 29.8 Å². The van der Waals surface area contributed by atoms with E-state index in [4.69, 9.17) is 21.1 Å². The third kappa shape index (κ3) is 6.20. The predicted molar refractivity (Wildman–Crippen MR) is 155 cm³/mol. The summed E-state index contributed by atoms with van der Waals surface area (Å²) in [5.41, 5.74) is 0.888. The van der Waals surface area contributed by atoms with E-state index >= 15 is 4.39 Å². The van der Waals surface area contributed by atoms with Crippen molar-refractivity contribution in [2.24, 2.45) is 5.92 Å². The van der Waals surface area contributed by atoms with Crippen molar-refractivity contribution in [1.29, 1.82) is 0 Å². The van der Waals surface area contributed by atoms with Gasteiger partial charge in [0.05, 0.1) is 26.2 Å². The van der Waals surface area contributed by atoms with Gasteiger partial charge in [0.15, 0.2) is 0 Å². The average Bonchev–Trinajstić information content (AvgIpc) is 3.42. The first-order valence-electron chi connectivity index (χ1n) is 13.8. The molecule has 0 saturated carbocycles. The molecule has 5 rings (SSSR count). The number of anilines is 1. The van der Waals surface area contributed by atoms with Crippen LogP contribution in [-0.2, 0) is 9.53 Å². The van der Waals surface area contributed by atoms with Gasteiger partial charge in [0.2, 0.25) is 5.91 Å². The molecule has 2 aliphatic rings. The zero-order valence-corrected chi connectivity index (χ0v) is 24.2. The second kappa shape index (κ2) is 12.8. The van der Waals surface area contributed by atoms with Crippen molar-refractivity contribution >= 4 is 29.4 Å². The molecule has 222 valence electrons. The number of halogens is 2. The van der Waals surface area contributed by atoms with Gasteiger partial charge in [-0.3, -0.25) is 14.5 Å². The van der Waals surface area contributed by atoms with Crippen LogP contribution >= 0.6 is 11.6 Å². The first kappa shape index (κ1) is 29.4. The quantitative estimate of drug-likeness (QED) is 0.469. The van der Waals surface area contributed by atoms with Crippen LogP contribution in [0.3, 0.4) is 0 Å². The first-order chi connectivity index (χ1) is 20.3. The Balaban J connectivity index is 1.49. The van der Waals surface area contributed by atoms with E-state index in [2.05, 4.69) is 10.2 Å². The summed E-state index contributed by atoms with van der Waals surface area (Å²) in [5, 5.41) is 7.15. The van der Waals surface area contributed by atoms with Crippen LogP contribution < -0.4 is 15.2 Å². The minimum absolute atomic E-state index is 0.146. The van der Waals surface area contributed by atoms with Crippen LogP contribution in [0, 0.1) is 11.7 Å². The summed E-state index contributed by atoms with van der Waals surface area (Å²) in [6.45, 7) is 1.80. The number of hydrogen-bond acceptors (Lipinski definition) is 7. The second-order valence-corrected chi connectivity index (χ2v) is 10.9. The summed E-state index contributed by atoms with van der Waals surface area (Å²) in [5.74, 6) is -0.835. The minimum atomic E-state index is -0.613. The maximum absolute atomic E-state index is 15.4. The van der Waals surface area contributed by atoms with Crippen LogP contribution in [0.1, 0.15) is 35.9 Å². The predicted octanol–water partition coefficient (Wildman–Crippen LogP) is 4.22. The summed E-state index contributed by atoms with van der Waals surface area (Å²) in [6.07, 6.45) is 0.891. The van der Waals surface area contributed by atoms with Gasteiger partial charge in [-0.05, 0) is 48.2 Å². The van der Waals surface area contributed by atoms with Crippen molar-refractivity contribution in [3.8, 4) is 5.75 Å². The molecular weight excluding hydrogens is 565 g/mol. The Hall–Kier alpha value is -4.12. The summed E-state index contributed by atoms with van der Waals surface area (Å²) < 4.78 is 25.7. The fourth-order valence-corrected chi connectivity index (χ4v) is 6.01. The molecule has 1 unspecified atom stereocenters. The maximum Gasteiger partial charge on any atom is 0.410 e. The Bertz CT molecular complexity index is 1470. The van der Waals surface area contributed by atoms with E-state index in [-0.39, 0.29) is 24.6 Å². The molecule has 1 aromatic heterocycles. The normalized spacial score (nSPS) is 21.0. The van der Waals surface area contributed by atoms with Gasteiger partial charge < -0.3 is 19.3 Å². The lowest BCUT2D eigenvalue weighted by molar-refractivity contribution is -0.136. The Kier molecular flexibility index (Phi) is 8.96. The summed E-state index contributed by atoms with van der Waals surface area (Å²) >= 11 is 6.14. The molecule has 1 N–H and O–H groups in total. The van der Waals surface area contributed by atoms with Crippen LogP contribution in [0.2, 0.25) is 5.02 Å². The second-order valence-electron chi connectivity index (χ2n) is 10.5. The molecule has 3 heterocycles. The summed E-state index contributed by atoms with van der Waals surface area (Å²) in [4.78, 5) is 44.2. The number of hydrogen-bond donors (Lipinski definition) is 1. The van der Waals surface area contributed by atoms with Gasteiger partial charge in [-0.25, -0.2) is 14.3 Å². The number of rotatable bonds is 5. The maximum atomic E-state index is 15.4. The largest absolute Gasteiger partial charge is 0.497 e. The highest BCUT2D eigenvalue weighted by molar-refractivity contribution is 6.30. The number of nitrogens with one attached hydrogen (secondary N) is 1. The zero-order chi connectivity index (χ0) is 29.8. The SMILES string of the molecule is COC(=O)N1CCCCN(C(=O)[C@@H]2CN(c3ccc(=O)[nH]n3)C[C@H]2c2ccc(OC)cc2F)CC1c1ccc(Cl)cc1. The van der Waals surface area contributed by atoms with Gasteiger partial charge >= 0.3 is 6.09 Å². The summed E-state index contributed by atoms with van der Waals surface area (Å²) in [6, 6.07) is 14.4. The minimum Gasteiger partial charge on any atom is -0.497 e. The number of methoxy groups -OCH3 is 2. The lowest BCUT2D eigenvalue weighted by Gasteiger charge is -2.38. The number of aromatic nitrogens is 2. The molecule has 3 aromatic rings. The standard InChI is InChI=1S/C30H33ClFN5O5/c1-41-21-9-10-22(25(32)15-21)23-16-36(27-11-12-28(38)34-33-27)17-24(23)29(39)35-13-3-4-14-37(30(40)42-2)26(18-35)19-5-7-20(31)8-6-19/h5-12,15,23-24,26H,3-4,13-14,16-18H2,1-2H3,(H,34,38)/t23-,24+,26?/m0/s1. The fourth-order valence-electron chi connectivity index (χ4n) is 5.89. The number of carbonyl (C=O) groups excluding carboxylic acids is 2. The van der Waals surface area contributed by atoms with E-state index in [0.717, 1.165) is 5.56 Å². The van der Waals surface area contributed by atoms with Crippen molar-refractivity contribution in [1.82, 2.24) is 20.0 Å². The molecule has 0 aliphatic carbocycles. The molecule has 2 aromatic carbocycles. The fraction of sp³-hybridized carbons (Fsp3) is 0.400. The third-order valence-electron chi connectivity index (χ3n) is 8.05. The van der Waals surface area contributed by atoms with Gasteiger partial charge in [-0.1, -0.05) is 29.8 Å². The van der Waals surface area contributed by atoms with Crippen LogP contribution in [0.5, 0.6) is 5.75 Å². The zero-order valence-electron chi connectivity index (χ0n) is 23.5. The van der Waals surface area contributed by atoms with Gasteiger partial charge in [0, 0.05) is 55.8 Å². The lowest BCUT2D eigenvalue weighted by Crippen LogP contribution is -2.48. The van der Waals surface area contributed by atoms with Gasteiger partial charge in [0.1, 0.15) is 17.4 Å². The molecule has 2 saturated heterocycles. The number of H-pyrrole nitrogens is 1. The van der Waals surface area contributed by atoms with Crippen molar-refractivity contribution in [3.05, 3.63) is 86.9 Å². The summed E-state index contributed by atoms with van der Waals surface area (Å²) in [7, 11) is 2.81. The van der Waals surface area contributed by atoms with Gasteiger partial charge in [0.25, 0.3) is 5.56 Å². The van der Waals surface area contributed by atoms with Crippen molar-refractivity contribution in [3.63, 3.8) is 0 Å². The average molecular weight is 598 g/mol. The molecular formula is C30H33ClFN5O5. The van der Waals surface area contributed by atoms with Crippen LogP contribution in [0.25, 0.3) is 0 Å².